The van der Waals surface area contributed by atoms with Crippen LogP contribution in [0.3, 0.4) is 0 Å². The zero-order chi connectivity index (χ0) is 31.1. The molecular formula is C34H29N3O7. The maximum absolute atomic E-state index is 12.9. The van der Waals surface area contributed by atoms with Crippen molar-refractivity contribution >= 4 is 34.6 Å². The molecule has 0 saturated carbocycles. The summed E-state index contributed by atoms with van der Waals surface area (Å²) in [5.74, 6) is -0.249. The molecule has 0 fully saturated rings. The summed E-state index contributed by atoms with van der Waals surface area (Å²) in [5.41, 5.74) is 5.01. The van der Waals surface area contributed by atoms with Crippen molar-refractivity contribution in [1.29, 1.82) is 0 Å². The molecule has 1 aromatic heterocycles. The molecule has 0 aliphatic heterocycles. The number of hydrogen-bond donors (Lipinski definition) is 1. The van der Waals surface area contributed by atoms with Crippen LogP contribution in [0.4, 0.5) is 5.69 Å². The van der Waals surface area contributed by atoms with E-state index in [0.29, 0.717) is 39.4 Å². The fraction of sp³-hybridized carbons (Fsp3) is 0.147. The lowest BCUT2D eigenvalue weighted by Gasteiger charge is -2.12. The van der Waals surface area contributed by atoms with Gasteiger partial charge in [0.05, 0.1) is 54.4 Å². The second-order valence-electron chi connectivity index (χ2n) is 9.50. The van der Waals surface area contributed by atoms with Gasteiger partial charge in [-0.15, -0.1) is 0 Å². The lowest BCUT2D eigenvalue weighted by Crippen LogP contribution is -2.21. The summed E-state index contributed by atoms with van der Waals surface area (Å²) in [5, 5.41) is 2.63. The van der Waals surface area contributed by atoms with Gasteiger partial charge >= 0.3 is 11.9 Å². The van der Waals surface area contributed by atoms with E-state index in [-0.39, 0.29) is 12.2 Å². The van der Waals surface area contributed by atoms with E-state index in [9.17, 15) is 14.4 Å². The molecule has 0 saturated heterocycles. The largest absolute Gasteiger partial charge is 0.497 e. The number of amides is 1. The minimum atomic E-state index is -0.688. The number of nitrogens with one attached hydrogen (secondary N) is 1. The Morgan fingerprint density at radius 1 is 0.636 bits per heavy atom. The van der Waals surface area contributed by atoms with Gasteiger partial charge in [0.25, 0.3) is 5.91 Å². The van der Waals surface area contributed by atoms with Crippen molar-refractivity contribution in [1.82, 2.24) is 9.97 Å². The van der Waals surface area contributed by atoms with Crippen LogP contribution in [0.25, 0.3) is 33.5 Å². The summed E-state index contributed by atoms with van der Waals surface area (Å²) < 4.78 is 20.8. The molecule has 0 aliphatic rings. The number of ether oxygens (including phenoxy) is 4. The number of aromatic nitrogens is 2. The highest BCUT2D eigenvalue weighted by Crippen LogP contribution is 2.33. The maximum Gasteiger partial charge on any atom is 0.338 e. The number of carbonyl (C=O) groups is 3. The van der Waals surface area contributed by atoms with E-state index in [2.05, 4.69) is 5.32 Å². The van der Waals surface area contributed by atoms with Gasteiger partial charge in [0.1, 0.15) is 11.5 Å². The Morgan fingerprint density at radius 3 is 1.70 bits per heavy atom. The first-order valence-corrected chi connectivity index (χ1v) is 13.7. The Morgan fingerprint density at radius 2 is 1.16 bits per heavy atom. The van der Waals surface area contributed by atoms with E-state index in [1.165, 1.54) is 12.1 Å². The zero-order valence-corrected chi connectivity index (χ0v) is 24.3. The van der Waals surface area contributed by atoms with Gasteiger partial charge in [-0.05, 0) is 97.9 Å². The van der Waals surface area contributed by atoms with E-state index < -0.39 is 24.5 Å². The molecule has 0 atom stereocenters. The predicted molar refractivity (Wildman–Crippen MR) is 165 cm³/mol. The Hall–Kier alpha value is -5.77. The SMILES string of the molecule is CCOC(=O)c1ccc(NC(=O)COC(=O)c2ccc3nc(-c4ccc(OC)cc4)c(-c4ccc(OC)cc4)nc3c2)cc1. The molecule has 5 rings (SSSR count). The van der Waals surface area contributed by atoms with Crippen molar-refractivity contribution in [3.8, 4) is 34.0 Å². The van der Waals surface area contributed by atoms with E-state index >= 15 is 0 Å². The lowest BCUT2D eigenvalue weighted by atomic mass is 10.0. The number of carbonyl (C=O) groups excluding carboxylic acids is 3. The van der Waals surface area contributed by atoms with Crippen LogP contribution in [0.15, 0.2) is 91.0 Å². The standard InChI is InChI=1S/C34H29N3O7/c1-4-43-33(39)23-5-12-25(13-6-23)35-30(38)20-44-34(40)24-11-18-28-29(19-24)37-32(22-9-16-27(42-3)17-10-22)31(36-28)21-7-14-26(41-2)15-8-21/h5-19H,4,20H2,1-3H3,(H,35,38). The second-order valence-corrected chi connectivity index (χ2v) is 9.50. The van der Waals surface area contributed by atoms with Gasteiger partial charge in [-0.25, -0.2) is 19.6 Å². The first-order valence-electron chi connectivity index (χ1n) is 13.7. The number of methoxy groups -OCH3 is 2. The Kier molecular flexibility index (Phi) is 9.10. The highest BCUT2D eigenvalue weighted by Gasteiger charge is 2.17. The van der Waals surface area contributed by atoms with E-state index in [1.54, 1.807) is 51.5 Å². The van der Waals surface area contributed by atoms with Gasteiger partial charge in [0.2, 0.25) is 0 Å². The molecule has 0 unspecified atom stereocenters. The average molecular weight is 592 g/mol. The maximum atomic E-state index is 12.9. The third-order valence-corrected chi connectivity index (χ3v) is 6.64. The van der Waals surface area contributed by atoms with Gasteiger partial charge in [0.15, 0.2) is 6.61 Å². The van der Waals surface area contributed by atoms with Crippen LogP contribution in [-0.4, -0.2) is 55.2 Å². The molecule has 44 heavy (non-hydrogen) atoms. The normalized spacial score (nSPS) is 10.6. The minimum absolute atomic E-state index is 0.219. The first-order chi connectivity index (χ1) is 21.4. The second kappa shape index (κ2) is 13.5. The molecular weight excluding hydrogens is 562 g/mol. The molecule has 222 valence electrons. The number of anilines is 1. The Balaban J connectivity index is 1.35. The van der Waals surface area contributed by atoms with Crippen LogP contribution in [-0.2, 0) is 14.3 Å². The number of fused-ring (bicyclic) bond motifs is 1. The fourth-order valence-electron chi connectivity index (χ4n) is 4.40. The molecule has 5 aromatic rings. The summed E-state index contributed by atoms with van der Waals surface area (Å²) in [4.78, 5) is 46.9. The Bertz CT molecular complexity index is 1800. The molecule has 1 heterocycles. The number of benzene rings is 4. The first kappa shape index (κ1) is 29.7. The Labute approximate surface area is 253 Å². The van der Waals surface area contributed by atoms with Crippen LogP contribution >= 0.6 is 0 Å². The highest BCUT2D eigenvalue weighted by atomic mass is 16.5. The molecule has 0 radical (unpaired) electrons. The summed E-state index contributed by atoms with van der Waals surface area (Å²) in [6.45, 7) is 1.48. The highest BCUT2D eigenvalue weighted by molar-refractivity contribution is 5.98. The molecule has 0 bridgehead atoms. The lowest BCUT2D eigenvalue weighted by molar-refractivity contribution is -0.119. The van der Waals surface area contributed by atoms with Crippen LogP contribution in [0.5, 0.6) is 11.5 Å². The van der Waals surface area contributed by atoms with Crippen LogP contribution in [0, 0.1) is 0 Å². The zero-order valence-electron chi connectivity index (χ0n) is 24.3. The molecule has 1 N–H and O–H groups in total. The third-order valence-electron chi connectivity index (χ3n) is 6.64. The number of rotatable bonds is 10. The minimum Gasteiger partial charge on any atom is -0.497 e. The smallest absolute Gasteiger partial charge is 0.338 e. The number of hydrogen-bond acceptors (Lipinski definition) is 9. The monoisotopic (exact) mass is 591 g/mol. The predicted octanol–water partition coefficient (Wildman–Crippen LogP) is 5.95. The van der Waals surface area contributed by atoms with Crippen molar-refractivity contribution in [3.63, 3.8) is 0 Å². The van der Waals surface area contributed by atoms with Gasteiger partial charge in [-0.3, -0.25) is 4.79 Å². The van der Waals surface area contributed by atoms with Crippen LogP contribution < -0.4 is 14.8 Å². The molecule has 10 heteroatoms. The van der Waals surface area contributed by atoms with Crippen molar-refractivity contribution in [2.45, 2.75) is 6.92 Å². The quantitative estimate of drug-likeness (QED) is 0.196. The van der Waals surface area contributed by atoms with E-state index in [1.807, 2.05) is 48.5 Å². The van der Waals surface area contributed by atoms with Crippen molar-refractivity contribution < 1.29 is 33.3 Å². The van der Waals surface area contributed by atoms with Gasteiger partial charge in [0, 0.05) is 16.8 Å². The molecule has 10 nitrogen and oxygen atoms in total. The number of nitrogens with zero attached hydrogens (tertiary/aromatic N) is 2. The molecule has 1 amide bonds. The van der Waals surface area contributed by atoms with Gasteiger partial charge < -0.3 is 24.3 Å². The van der Waals surface area contributed by atoms with Gasteiger partial charge in [-0.2, -0.15) is 0 Å². The van der Waals surface area contributed by atoms with E-state index in [4.69, 9.17) is 28.9 Å². The summed E-state index contributed by atoms with van der Waals surface area (Å²) in [7, 11) is 3.21. The summed E-state index contributed by atoms with van der Waals surface area (Å²) in [6, 6.07) is 26.0. The van der Waals surface area contributed by atoms with Crippen molar-refractivity contribution in [2.75, 3.05) is 32.8 Å². The van der Waals surface area contributed by atoms with Crippen molar-refractivity contribution in [2.24, 2.45) is 0 Å². The molecule has 0 spiro atoms. The van der Waals surface area contributed by atoms with Gasteiger partial charge in [-0.1, -0.05) is 0 Å². The molecule has 4 aromatic carbocycles. The average Bonchev–Trinajstić information content (AvgIpc) is 3.07. The summed E-state index contributed by atoms with van der Waals surface area (Å²) in [6.07, 6.45) is 0. The summed E-state index contributed by atoms with van der Waals surface area (Å²) >= 11 is 0. The topological polar surface area (TPSA) is 126 Å². The van der Waals surface area contributed by atoms with Crippen molar-refractivity contribution in [3.05, 3.63) is 102 Å². The van der Waals surface area contributed by atoms with E-state index in [0.717, 1.165) is 16.9 Å². The molecule has 0 aliphatic carbocycles. The third kappa shape index (κ3) is 6.81. The van der Waals surface area contributed by atoms with Crippen LogP contribution in [0.1, 0.15) is 27.6 Å². The number of esters is 2. The van der Waals surface area contributed by atoms with Crippen LogP contribution in [0.2, 0.25) is 0 Å². The fourth-order valence-corrected chi connectivity index (χ4v) is 4.40.